The van der Waals surface area contributed by atoms with Crippen LogP contribution < -0.4 is 5.32 Å². The van der Waals surface area contributed by atoms with Crippen molar-refractivity contribution in [1.29, 1.82) is 0 Å². The largest absolute Gasteiger partial charge is 0.396 e. The minimum atomic E-state index is 0.113. The molecule has 0 saturated heterocycles. The maximum atomic E-state index is 9.18. The van der Waals surface area contributed by atoms with E-state index in [4.69, 9.17) is 0 Å². The minimum absolute atomic E-state index is 0.113. The zero-order valence-electron chi connectivity index (χ0n) is 13.2. The number of hydrogen-bond acceptors (Lipinski definition) is 4. The van der Waals surface area contributed by atoms with E-state index >= 15 is 0 Å². The van der Waals surface area contributed by atoms with E-state index in [1.54, 1.807) is 6.33 Å². The minimum Gasteiger partial charge on any atom is -0.396 e. The van der Waals surface area contributed by atoms with Gasteiger partial charge in [0.05, 0.1) is 11.6 Å². The van der Waals surface area contributed by atoms with Crippen molar-refractivity contribution in [1.82, 2.24) is 9.97 Å². The van der Waals surface area contributed by atoms with Crippen molar-refractivity contribution in [3.05, 3.63) is 66.0 Å². The summed E-state index contributed by atoms with van der Waals surface area (Å²) < 4.78 is 0. The van der Waals surface area contributed by atoms with Gasteiger partial charge in [0, 0.05) is 12.0 Å². The first kappa shape index (κ1) is 15.4. The zero-order chi connectivity index (χ0) is 16.1. The van der Waals surface area contributed by atoms with Crippen LogP contribution in [0.5, 0.6) is 0 Å². The number of hydrogen-bond donors (Lipinski definition) is 2. The SMILES string of the molecule is Cc1ccc2ncnc(NC(CCCO)c3ccccc3)c2c1. The van der Waals surface area contributed by atoms with Gasteiger partial charge < -0.3 is 10.4 Å². The number of nitrogens with zero attached hydrogens (tertiary/aromatic N) is 2. The number of aliphatic hydroxyl groups is 1. The summed E-state index contributed by atoms with van der Waals surface area (Å²) in [6.45, 7) is 2.26. The zero-order valence-corrected chi connectivity index (χ0v) is 13.2. The summed E-state index contributed by atoms with van der Waals surface area (Å²) >= 11 is 0. The smallest absolute Gasteiger partial charge is 0.137 e. The van der Waals surface area contributed by atoms with Gasteiger partial charge in [0.15, 0.2) is 0 Å². The summed E-state index contributed by atoms with van der Waals surface area (Å²) in [7, 11) is 0. The lowest BCUT2D eigenvalue weighted by Gasteiger charge is -2.20. The maximum Gasteiger partial charge on any atom is 0.137 e. The highest BCUT2D eigenvalue weighted by atomic mass is 16.2. The molecule has 1 atom stereocenters. The van der Waals surface area contributed by atoms with Gasteiger partial charge in [-0.15, -0.1) is 0 Å². The molecule has 1 heterocycles. The van der Waals surface area contributed by atoms with Gasteiger partial charge in [-0.3, -0.25) is 0 Å². The molecule has 0 aliphatic rings. The average Bonchev–Trinajstić information content (AvgIpc) is 2.59. The highest BCUT2D eigenvalue weighted by Crippen LogP contribution is 2.27. The summed E-state index contributed by atoms with van der Waals surface area (Å²) in [6, 6.07) is 16.6. The molecule has 1 unspecified atom stereocenters. The Kier molecular flexibility index (Phi) is 4.83. The number of benzene rings is 2. The molecule has 4 heteroatoms. The molecule has 2 N–H and O–H groups in total. The summed E-state index contributed by atoms with van der Waals surface area (Å²) in [5.41, 5.74) is 3.31. The van der Waals surface area contributed by atoms with E-state index in [1.807, 2.05) is 24.3 Å². The third kappa shape index (κ3) is 3.66. The number of nitrogens with one attached hydrogen (secondary N) is 1. The molecule has 0 spiro atoms. The van der Waals surface area contributed by atoms with Gasteiger partial charge in [0.2, 0.25) is 0 Å². The topological polar surface area (TPSA) is 58.0 Å². The van der Waals surface area contributed by atoms with Gasteiger partial charge in [-0.1, -0.05) is 42.0 Å². The second-order valence-corrected chi connectivity index (χ2v) is 5.72. The summed E-state index contributed by atoms with van der Waals surface area (Å²) in [5, 5.41) is 13.7. The third-order valence-electron chi connectivity index (χ3n) is 3.95. The van der Waals surface area contributed by atoms with E-state index in [9.17, 15) is 5.11 Å². The molecule has 0 aliphatic heterocycles. The fourth-order valence-electron chi connectivity index (χ4n) is 2.75. The van der Waals surface area contributed by atoms with Crippen molar-refractivity contribution < 1.29 is 5.11 Å². The lowest BCUT2D eigenvalue weighted by Crippen LogP contribution is -2.13. The van der Waals surface area contributed by atoms with Crippen molar-refractivity contribution in [2.24, 2.45) is 0 Å². The molecule has 0 fully saturated rings. The Labute approximate surface area is 136 Å². The van der Waals surface area contributed by atoms with Crippen molar-refractivity contribution in [3.63, 3.8) is 0 Å². The molecule has 0 radical (unpaired) electrons. The van der Waals surface area contributed by atoms with Crippen LogP contribution in [0.4, 0.5) is 5.82 Å². The van der Waals surface area contributed by atoms with Gasteiger partial charge in [-0.25, -0.2) is 9.97 Å². The third-order valence-corrected chi connectivity index (χ3v) is 3.95. The van der Waals surface area contributed by atoms with E-state index in [-0.39, 0.29) is 12.6 Å². The van der Waals surface area contributed by atoms with Crippen molar-refractivity contribution in [3.8, 4) is 0 Å². The summed E-state index contributed by atoms with van der Waals surface area (Å²) in [5.74, 6) is 0.838. The number of anilines is 1. The molecule has 0 amide bonds. The fraction of sp³-hybridized carbons (Fsp3) is 0.263. The van der Waals surface area contributed by atoms with E-state index in [0.717, 1.165) is 29.6 Å². The average molecular weight is 307 g/mol. The van der Waals surface area contributed by atoms with Gasteiger partial charge in [-0.2, -0.15) is 0 Å². The first-order valence-corrected chi connectivity index (χ1v) is 7.91. The van der Waals surface area contributed by atoms with Crippen LogP contribution in [0.1, 0.15) is 30.0 Å². The Morgan fingerprint density at radius 2 is 1.91 bits per heavy atom. The number of aryl methyl sites for hydroxylation is 1. The number of aromatic nitrogens is 2. The quantitative estimate of drug-likeness (QED) is 0.726. The Morgan fingerprint density at radius 1 is 1.09 bits per heavy atom. The molecular formula is C19H21N3O. The van der Waals surface area contributed by atoms with Crippen LogP contribution in [0.15, 0.2) is 54.9 Å². The maximum absolute atomic E-state index is 9.18. The Hall–Kier alpha value is -2.46. The number of fused-ring (bicyclic) bond motifs is 1. The van der Waals surface area contributed by atoms with Crippen molar-refractivity contribution in [2.45, 2.75) is 25.8 Å². The van der Waals surface area contributed by atoms with Crippen LogP contribution in [0.25, 0.3) is 10.9 Å². The van der Waals surface area contributed by atoms with Crippen molar-refractivity contribution in [2.75, 3.05) is 11.9 Å². The second kappa shape index (κ2) is 7.20. The van der Waals surface area contributed by atoms with Gasteiger partial charge in [0.25, 0.3) is 0 Å². The van der Waals surface area contributed by atoms with Crippen LogP contribution >= 0.6 is 0 Å². The van der Waals surface area contributed by atoms with Gasteiger partial charge in [-0.05, 0) is 37.5 Å². The highest BCUT2D eigenvalue weighted by Gasteiger charge is 2.13. The van der Waals surface area contributed by atoms with E-state index < -0.39 is 0 Å². The van der Waals surface area contributed by atoms with Crippen LogP contribution in [0, 0.1) is 6.92 Å². The lowest BCUT2D eigenvalue weighted by atomic mass is 10.0. The van der Waals surface area contributed by atoms with Crippen molar-refractivity contribution >= 4 is 16.7 Å². The van der Waals surface area contributed by atoms with E-state index in [2.05, 4.69) is 46.5 Å². The highest BCUT2D eigenvalue weighted by molar-refractivity contribution is 5.89. The Balaban J connectivity index is 1.95. The predicted octanol–water partition coefficient (Wildman–Crippen LogP) is 3.86. The molecule has 3 aromatic rings. The standard InChI is InChI=1S/C19H21N3O/c1-14-9-10-18-16(12-14)19(21-13-20-18)22-17(8-5-11-23)15-6-3-2-4-7-15/h2-4,6-7,9-10,12-13,17,23H,5,8,11H2,1H3,(H,20,21,22). The summed E-state index contributed by atoms with van der Waals surface area (Å²) in [6.07, 6.45) is 3.18. The molecule has 23 heavy (non-hydrogen) atoms. The van der Waals surface area contributed by atoms with Crippen LogP contribution in [0.3, 0.4) is 0 Å². The van der Waals surface area contributed by atoms with Crippen LogP contribution in [-0.4, -0.2) is 21.7 Å². The summed E-state index contributed by atoms with van der Waals surface area (Å²) in [4.78, 5) is 8.77. The van der Waals surface area contributed by atoms with E-state index in [0.29, 0.717) is 0 Å². The Morgan fingerprint density at radius 3 is 2.70 bits per heavy atom. The van der Waals surface area contributed by atoms with Crippen LogP contribution in [0.2, 0.25) is 0 Å². The molecule has 3 rings (SSSR count). The molecule has 0 bridgehead atoms. The second-order valence-electron chi connectivity index (χ2n) is 5.72. The predicted molar refractivity (Wildman–Crippen MR) is 93.4 cm³/mol. The molecule has 0 saturated carbocycles. The molecule has 2 aromatic carbocycles. The Bertz CT molecular complexity index is 774. The normalized spacial score (nSPS) is 12.3. The van der Waals surface area contributed by atoms with Gasteiger partial charge >= 0.3 is 0 Å². The molecule has 118 valence electrons. The van der Waals surface area contributed by atoms with E-state index in [1.165, 1.54) is 11.1 Å². The molecule has 4 nitrogen and oxygen atoms in total. The first-order valence-electron chi connectivity index (χ1n) is 7.91. The van der Waals surface area contributed by atoms with Crippen LogP contribution in [-0.2, 0) is 0 Å². The monoisotopic (exact) mass is 307 g/mol. The number of aliphatic hydroxyl groups excluding tert-OH is 1. The lowest BCUT2D eigenvalue weighted by molar-refractivity contribution is 0.281. The molecule has 0 aliphatic carbocycles. The first-order chi connectivity index (χ1) is 11.3. The molecular weight excluding hydrogens is 286 g/mol. The number of rotatable bonds is 6. The fourth-order valence-corrected chi connectivity index (χ4v) is 2.75. The van der Waals surface area contributed by atoms with Gasteiger partial charge in [0.1, 0.15) is 12.1 Å². The molecule has 1 aromatic heterocycles.